The highest BCUT2D eigenvalue weighted by Crippen LogP contribution is 2.37. The van der Waals surface area contributed by atoms with Crippen LogP contribution in [-0.2, 0) is 17.5 Å². The molecule has 9 heteroatoms. The fourth-order valence-electron chi connectivity index (χ4n) is 4.31. The maximum atomic E-state index is 13.5. The van der Waals surface area contributed by atoms with Gasteiger partial charge in [-0.1, -0.05) is 12.1 Å². The minimum atomic E-state index is -4.50. The van der Waals surface area contributed by atoms with Crippen LogP contribution < -0.4 is 14.4 Å². The van der Waals surface area contributed by atoms with Crippen LogP contribution in [-0.4, -0.2) is 48.6 Å². The van der Waals surface area contributed by atoms with Crippen molar-refractivity contribution < 1.29 is 27.4 Å². The molecule has 1 atom stereocenters. The Bertz CT molecular complexity index is 967. The minimum absolute atomic E-state index is 0.0731. The van der Waals surface area contributed by atoms with Gasteiger partial charge in [-0.3, -0.25) is 4.79 Å². The van der Waals surface area contributed by atoms with E-state index >= 15 is 0 Å². The number of para-hydroxylation sites is 1. The number of hydrogen-bond donors (Lipinski definition) is 0. The average molecular weight is 449 g/mol. The Hall–Kier alpha value is -2.97. The Morgan fingerprint density at radius 3 is 2.81 bits per heavy atom. The summed E-state index contributed by atoms with van der Waals surface area (Å²) in [5.74, 6) is 0.734. The van der Waals surface area contributed by atoms with Gasteiger partial charge in [-0.25, -0.2) is 4.98 Å². The largest absolute Gasteiger partial charge is 0.486 e. The van der Waals surface area contributed by atoms with Gasteiger partial charge in [0.1, 0.15) is 19.0 Å². The van der Waals surface area contributed by atoms with Gasteiger partial charge in [0.2, 0.25) is 5.91 Å². The fourth-order valence-corrected chi connectivity index (χ4v) is 4.31. The van der Waals surface area contributed by atoms with Gasteiger partial charge in [-0.15, -0.1) is 0 Å². The Morgan fingerprint density at radius 1 is 1.22 bits per heavy atom. The number of aromatic nitrogens is 1. The molecule has 0 N–H and O–H groups in total. The molecule has 2 aliphatic heterocycles. The van der Waals surface area contributed by atoms with Crippen molar-refractivity contribution in [2.24, 2.45) is 5.92 Å². The summed E-state index contributed by atoms with van der Waals surface area (Å²) >= 11 is 0. The summed E-state index contributed by atoms with van der Waals surface area (Å²) in [4.78, 5) is 20.7. The lowest BCUT2D eigenvalue weighted by molar-refractivity contribution is -0.137. The van der Waals surface area contributed by atoms with Crippen molar-refractivity contribution in [3.8, 4) is 11.5 Å². The maximum absolute atomic E-state index is 13.5. The molecule has 0 saturated carbocycles. The highest BCUT2D eigenvalue weighted by atomic mass is 19.4. The molecule has 4 rings (SSSR count). The van der Waals surface area contributed by atoms with E-state index in [9.17, 15) is 18.0 Å². The quantitative estimate of drug-likeness (QED) is 0.687. The van der Waals surface area contributed by atoms with E-state index in [1.165, 1.54) is 12.3 Å². The summed E-state index contributed by atoms with van der Waals surface area (Å²) in [6.07, 6.45) is -1.88. The molecule has 0 spiro atoms. The van der Waals surface area contributed by atoms with Gasteiger partial charge in [0.05, 0.1) is 11.5 Å². The van der Waals surface area contributed by atoms with Crippen LogP contribution in [0.3, 0.4) is 0 Å². The van der Waals surface area contributed by atoms with Gasteiger partial charge in [0.15, 0.2) is 11.5 Å². The first-order valence-corrected chi connectivity index (χ1v) is 10.8. The van der Waals surface area contributed by atoms with Crippen LogP contribution in [0.15, 0.2) is 36.5 Å². The van der Waals surface area contributed by atoms with Crippen molar-refractivity contribution in [2.75, 3.05) is 37.7 Å². The molecule has 0 aliphatic carbocycles. The Morgan fingerprint density at radius 2 is 2.03 bits per heavy atom. The van der Waals surface area contributed by atoms with Crippen molar-refractivity contribution in [3.05, 3.63) is 47.7 Å². The standard InChI is InChI=1S/C23H26F3N3O3/c1-2-28(14-16-6-3-9-19-20(16)32-13-12-31-19)22(30)17-7-5-11-29(15-17)21-18(23(24,25)26)8-4-10-27-21/h3-4,6,8-10,17H,2,5,7,11-15H2,1H3. The highest BCUT2D eigenvalue weighted by Gasteiger charge is 2.38. The monoisotopic (exact) mass is 449 g/mol. The number of benzene rings is 1. The molecule has 1 amide bonds. The number of rotatable bonds is 5. The number of halogens is 3. The molecule has 2 aliphatic rings. The van der Waals surface area contributed by atoms with Gasteiger partial charge < -0.3 is 19.3 Å². The van der Waals surface area contributed by atoms with Gasteiger partial charge in [-0.2, -0.15) is 13.2 Å². The zero-order valence-electron chi connectivity index (χ0n) is 17.9. The lowest BCUT2D eigenvalue weighted by Crippen LogP contribution is -2.45. The molecule has 172 valence electrons. The van der Waals surface area contributed by atoms with Crippen molar-refractivity contribution in [1.82, 2.24) is 9.88 Å². The van der Waals surface area contributed by atoms with Crippen LogP contribution in [0.5, 0.6) is 11.5 Å². The topological polar surface area (TPSA) is 54.9 Å². The van der Waals surface area contributed by atoms with Crippen LogP contribution in [0.1, 0.15) is 30.9 Å². The van der Waals surface area contributed by atoms with Crippen LogP contribution >= 0.6 is 0 Å². The number of hydrogen-bond acceptors (Lipinski definition) is 5. The summed E-state index contributed by atoms with van der Waals surface area (Å²) in [5, 5.41) is 0. The molecular weight excluding hydrogens is 423 g/mol. The molecule has 6 nitrogen and oxygen atoms in total. The number of pyridine rings is 1. The summed E-state index contributed by atoms with van der Waals surface area (Å²) < 4.78 is 51.8. The van der Waals surface area contributed by atoms with E-state index in [1.54, 1.807) is 9.80 Å². The second kappa shape index (κ2) is 9.26. The first-order chi connectivity index (χ1) is 15.4. The number of carbonyl (C=O) groups is 1. The summed E-state index contributed by atoms with van der Waals surface area (Å²) in [6, 6.07) is 7.92. The van der Waals surface area contributed by atoms with Crippen molar-refractivity contribution in [3.63, 3.8) is 0 Å². The zero-order chi connectivity index (χ0) is 22.7. The molecule has 1 aromatic heterocycles. The van der Waals surface area contributed by atoms with Crippen LogP contribution in [0.4, 0.5) is 19.0 Å². The number of anilines is 1. The zero-order valence-corrected chi connectivity index (χ0v) is 17.9. The number of nitrogens with zero attached hydrogens (tertiary/aromatic N) is 3. The third-order valence-electron chi connectivity index (χ3n) is 5.86. The Kier molecular flexibility index (Phi) is 6.43. The van der Waals surface area contributed by atoms with E-state index in [0.29, 0.717) is 57.2 Å². The number of piperidine rings is 1. The first-order valence-electron chi connectivity index (χ1n) is 10.8. The third kappa shape index (κ3) is 4.61. The number of fused-ring (bicyclic) bond motifs is 1. The van der Waals surface area contributed by atoms with Crippen LogP contribution in [0.25, 0.3) is 0 Å². The number of alkyl halides is 3. The first kappa shape index (κ1) is 22.2. The normalized spacial score (nSPS) is 18.4. The Balaban J connectivity index is 1.51. The lowest BCUT2D eigenvalue weighted by atomic mass is 9.95. The average Bonchev–Trinajstić information content (AvgIpc) is 2.81. The lowest BCUT2D eigenvalue weighted by Gasteiger charge is -2.36. The van der Waals surface area contributed by atoms with Gasteiger partial charge in [0.25, 0.3) is 0 Å². The van der Waals surface area contributed by atoms with E-state index in [-0.39, 0.29) is 18.3 Å². The molecule has 1 saturated heterocycles. The van der Waals surface area contributed by atoms with Gasteiger partial charge in [-0.05, 0) is 38.0 Å². The van der Waals surface area contributed by atoms with Crippen molar-refractivity contribution in [2.45, 2.75) is 32.5 Å². The van der Waals surface area contributed by atoms with E-state index in [4.69, 9.17) is 9.47 Å². The third-order valence-corrected chi connectivity index (χ3v) is 5.86. The second-order valence-corrected chi connectivity index (χ2v) is 7.95. The van der Waals surface area contributed by atoms with E-state index in [0.717, 1.165) is 11.6 Å². The highest BCUT2D eigenvalue weighted by molar-refractivity contribution is 5.80. The molecular formula is C23H26F3N3O3. The minimum Gasteiger partial charge on any atom is -0.486 e. The molecule has 0 radical (unpaired) electrons. The molecule has 32 heavy (non-hydrogen) atoms. The van der Waals surface area contributed by atoms with Crippen LogP contribution in [0.2, 0.25) is 0 Å². The van der Waals surface area contributed by atoms with Gasteiger partial charge >= 0.3 is 6.18 Å². The summed E-state index contributed by atoms with van der Waals surface area (Å²) in [5.41, 5.74) is 0.0858. The molecule has 1 fully saturated rings. The van der Waals surface area contributed by atoms with E-state index in [1.807, 2.05) is 25.1 Å². The molecule has 0 bridgehead atoms. The van der Waals surface area contributed by atoms with E-state index in [2.05, 4.69) is 4.98 Å². The maximum Gasteiger partial charge on any atom is 0.419 e. The van der Waals surface area contributed by atoms with Crippen LogP contribution in [0, 0.1) is 5.92 Å². The summed E-state index contributed by atoms with van der Waals surface area (Å²) in [6.45, 7) is 4.32. The number of amides is 1. The van der Waals surface area contributed by atoms with Crippen molar-refractivity contribution >= 4 is 11.7 Å². The second-order valence-electron chi connectivity index (χ2n) is 7.95. The Labute approximate surface area is 184 Å². The van der Waals surface area contributed by atoms with Gasteiger partial charge in [0, 0.05) is 37.9 Å². The fraction of sp³-hybridized carbons (Fsp3) is 0.478. The molecule has 2 aromatic rings. The van der Waals surface area contributed by atoms with Crippen molar-refractivity contribution in [1.29, 1.82) is 0 Å². The molecule has 1 unspecified atom stereocenters. The summed E-state index contributed by atoms with van der Waals surface area (Å²) in [7, 11) is 0. The van der Waals surface area contributed by atoms with E-state index < -0.39 is 17.7 Å². The predicted octanol–water partition coefficient (Wildman–Crippen LogP) is 4.14. The number of carbonyl (C=O) groups excluding carboxylic acids is 1. The molecule has 3 heterocycles. The number of ether oxygens (including phenoxy) is 2. The smallest absolute Gasteiger partial charge is 0.419 e. The molecule has 1 aromatic carbocycles. The predicted molar refractivity (Wildman–Crippen MR) is 113 cm³/mol. The SMILES string of the molecule is CCN(Cc1cccc2c1OCCO2)C(=O)C1CCCN(c2ncccc2C(F)(F)F)C1.